The van der Waals surface area contributed by atoms with Crippen LogP contribution in [0.15, 0.2) is 42.5 Å². The third-order valence-electron chi connectivity index (χ3n) is 7.48. The lowest BCUT2D eigenvalue weighted by molar-refractivity contribution is -0.124. The number of nitrogens with one attached hydrogen (secondary N) is 1. The first kappa shape index (κ1) is 18.8. The van der Waals surface area contributed by atoms with E-state index in [2.05, 4.69) is 11.4 Å². The van der Waals surface area contributed by atoms with E-state index in [1.807, 2.05) is 36.4 Å². The largest absolute Gasteiger partial charge is 0.325 e. The van der Waals surface area contributed by atoms with E-state index in [0.717, 1.165) is 44.2 Å². The van der Waals surface area contributed by atoms with Gasteiger partial charge in [0.15, 0.2) is 0 Å². The predicted molar refractivity (Wildman–Crippen MR) is 124 cm³/mol. The van der Waals surface area contributed by atoms with Crippen LogP contribution >= 0.6 is 22.9 Å². The van der Waals surface area contributed by atoms with Crippen molar-refractivity contribution in [2.45, 2.75) is 44.9 Å². The maximum Gasteiger partial charge on any atom is 0.224 e. The van der Waals surface area contributed by atoms with Gasteiger partial charge in [0.2, 0.25) is 5.91 Å². The first-order valence-electron chi connectivity index (χ1n) is 11.0. The number of aromatic nitrogens is 1. The number of rotatable bonds is 4. The fourth-order valence-corrected chi connectivity index (χ4v) is 8.00. The van der Waals surface area contributed by atoms with E-state index in [-0.39, 0.29) is 11.3 Å². The Hall–Kier alpha value is -1.91. The molecule has 0 atom stereocenters. The van der Waals surface area contributed by atoms with Gasteiger partial charge in [-0.1, -0.05) is 23.7 Å². The minimum Gasteiger partial charge on any atom is -0.325 e. The van der Waals surface area contributed by atoms with Gasteiger partial charge < -0.3 is 5.32 Å². The Kier molecular flexibility index (Phi) is 4.43. The summed E-state index contributed by atoms with van der Waals surface area (Å²) in [5.74, 6) is 2.72. The molecule has 3 aromatic rings. The molecule has 30 heavy (non-hydrogen) atoms. The first-order chi connectivity index (χ1) is 14.6. The summed E-state index contributed by atoms with van der Waals surface area (Å²) in [6.45, 7) is 0. The number of amides is 1. The number of fused-ring (bicyclic) bond motifs is 1. The molecule has 1 amide bonds. The van der Waals surface area contributed by atoms with Gasteiger partial charge in [-0.2, -0.15) is 0 Å². The number of thiazole rings is 1. The molecule has 4 fully saturated rings. The molecule has 0 aliphatic heterocycles. The summed E-state index contributed by atoms with van der Waals surface area (Å²) < 4.78 is 1.14. The molecule has 1 aromatic heterocycles. The van der Waals surface area contributed by atoms with Crippen molar-refractivity contribution in [2.75, 3.05) is 5.32 Å². The number of hydrogen-bond donors (Lipinski definition) is 1. The van der Waals surface area contributed by atoms with Gasteiger partial charge >= 0.3 is 0 Å². The molecule has 4 bridgehead atoms. The molecule has 0 unspecified atom stereocenters. The van der Waals surface area contributed by atoms with Crippen LogP contribution in [0.4, 0.5) is 5.69 Å². The molecule has 1 heterocycles. The monoisotopic (exact) mass is 436 g/mol. The highest BCUT2D eigenvalue weighted by Gasteiger charge is 2.51. The van der Waals surface area contributed by atoms with E-state index in [9.17, 15) is 4.79 Å². The minimum absolute atomic E-state index is 0.140. The average Bonchev–Trinajstić information content (AvgIpc) is 3.12. The molecule has 0 spiro atoms. The minimum atomic E-state index is 0.140. The topological polar surface area (TPSA) is 42.0 Å². The van der Waals surface area contributed by atoms with Crippen LogP contribution in [0.25, 0.3) is 20.8 Å². The van der Waals surface area contributed by atoms with Crippen molar-refractivity contribution in [3.8, 4) is 10.6 Å². The predicted octanol–water partition coefficient (Wildman–Crippen LogP) is 7.16. The van der Waals surface area contributed by atoms with E-state index in [1.54, 1.807) is 11.3 Å². The van der Waals surface area contributed by atoms with E-state index in [0.29, 0.717) is 11.4 Å². The zero-order valence-electron chi connectivity index (χ0n) is 16.9. The summed E-state index contributed by atoms with van der Waals surface area (Å²) in [5.41, 5.74) is 2.93. The Morgan fingerprint density at radius 2 is 1.77 bits per heavy atom. The molecule has 154 valence electrons. The van der Waals surface area contributed by atoms with Crippen LogP contribution in [0.3, 0.4) is 0 Å². The van der Waals surface area contributed by atoms with Crippen LogP contribution in [0.5, 0.6) is 0 Å². The number of anilines is 1. The SMILES string of the molecule is O=C(CC12CC3CC(CC(C3)C1)C2)Nc1ccc(Cl)cc1-c1nc2ccccc2s1. The van der Waals surface area contributed by atoms with Crippen molar-refractivity contribution in [3.05, 3.63) is 47.5 Å². The van der Waals surface area contributed by atoms with Crippen molar-refractivity contribution < 1.29 is 4.79 Å². The van der Waals surface area contributed by atoms with Crippen LogP contribution in [0.1, 0.15) is 44.9 Å². The summed E-state index contributed by atoms with van der Waals surface area (Å²) >= 11 is 7.95. The number of benzene rings is 2. The van der Waals surface area contributed by atoms with Crippen LogP contribution in [0, 0.1) is 23.2 Å². The first-order valence-corrected chi connectivity index (χ1v) is 12.2. The molecule has 4 saturated carbocycles. The van der Waals surface area contributed by atoms with E-state index in [4.69, 9.17) is 16.6 Å². The number of nitrogens with zero attached hydrogens (tertiary/aromatic N) is 1. The molecule has 4 aliphatic rings. The highest BCUT2D eigenvalue weighted by Crippen LogP contribution is 2.61. The van der Waals surface area contributed by atoms with Gasteiger partial charge in [-0.05, 0) is 92.0 Å². The van der Waals surface area contributed by atoms with Gasteiger partial charge in [-0.25, -0.2) is 4.98 Å². The van der Waals surface area contributed by atoms with E-state index in [1.165, 1.54) is 38.5 Å². The van der Waals surface area contributed by atoms with Gasteiger partial charge in [0.05, 0.1) is 15.9 Å². The number of carbonyl (C=O) groups is 1. The van der Waals surface area contributed by atoms with Gasteiger partial charge in [0, 0.05) is 17.0 Å². The maximum atomic E-state index is 13.2. The Balaban J connectivity index is 1.27. The molecule has 1 N–H and O–H groups in total. The summed E-state index contributed by atoms with van der Waals surface area (Å²) in [7, 11) is 0. The average molecular weight is 437 g/mol. The molecule has 0 saturated heterocycles. The Bertz CT molecular complexity index is 1070. The standard InChI is InChI=1S/C25H25ClN2OS/c26-18-5-6-20(19(10-18)24-28-21-3-1-2-4-22(21)30-24)27-23(29)14-25-11-15-7-16(12-25)9-17(8-15)13-25/h1-6,10,15-17H,7-9,11-14H2,(H,27,29). The van der Waals surface area contributed by atoms with Crippen molar-refractivity contribution in [2.24, 2.45) is 23.2 Å². The fraction of sp³-hybridized carbons (Fsp3) is 0.440. The van der Waals surface area contributed by atoms with Crippen molar-refractivity contribution in [3.63, 3.8) is 0 Å². The fourth-order valence-electron chi connectivity index (χ4n) is 6.83. The Labute approximate surface area is 185 Å². The number of carbonyl (C=O) groups excluding carboxylic acids is 1. The van der Waals surface area contributed by atoms with Crippen LogP contribution in [-0.2, 0) is 4.79 Å². The number of para-hydroxylation sites is 1. The molecule has 2 aromatic carbocycles. The third kappa shape index (κ3) is 3.34. The van der Waals surface area contributed by atoms with E-state index < -0.39 is 0 Å². The third-order valence-corrected chi connectivity index (χ3v) is 8.79. The van der Waals surface area contributed by atoms with E-state index >= 15 is 0 Å². The zero-order valence-corrected chi connectivity index (χ0v) is 18.4. The van der Waals surface area contributed by atoms with Gasteiger partial charge in [-0.3, -0.25) is 4.79 Å². The Morgan fingerprint density at radius 3 is 2.47 bits per heavy atom. The van der Waals surface area contributed by atoms with Gasteiger partial charge in [-0.15, -0.1) is 11.3 Å². The van der Waals surface area contributed by atoms with Crippen LogP contribution in [0.2, 0.25) is 5.02 Å². The lowest BCUT2D eigenvalue weighted by atomic mass is 9.49. The summed E-state index contributed by atoms with van der Waals surface area (Å²) in [6, 6.07) is 13.8. The lowest BCUT2D eigenvalue weighted by Gasteiger charge is -2.56. The molecule has 0 radical (unpaired) electrons. The van der Waals surface area contributed by atoms with Gasteiger partial charge in [0.1, 0.15) is 5.01 Å². The number of halogens is 1. The van der Waals surface area contributed by atoms with Gasteiger partial charge in [0.25, 0.3) is 0 Å². The summed E-state index contributed by atoms with van der Waals surface area (Å²) in [5, 5.41) is 4.77. The highest BCUT2D eigenvalue weighted by atomic mass is 35.5. The van der Waals surface area contributed by atoms with Crippen molar-refractivity contribution in [1.82, 2.24) is 4.98 Å². The maximum absolute atomic E-state index is 13.2. The summed E-state index contributed by atoms with van der Waals surface area (Å²) in [6.07, 6.45) is 8.60. The quantitative estimate of drug-likeness (QED) is 0.471. The van der Waals surface area contributed by atoms with Crippen molar-refractivity contribution in [1.29, 1.82) is 0 Å². The Morgan fingerprint density at radius 1 is 1.07 bits per heavy atom. The zero-order chi connectivity index (χ0) is 20.3. The smallest absolute Gasteiger partial charge is 0.224 e. The molecule has 3 nitrogen and oxygen atoms in total. The van der Waals surface area contributed by atoms with Crippen LogP contribution < -0.4 is 5.32 Å². The molecular formula is C25H25ClN2OS. The molecule has 4 aliphatic carbocycles. The normalized spacial score (nSPS) is 29.4. The summed E-state index contributed by atoms with van der Waals surface area (Å²) in [4.78, 5) is 18.0. The molecular weight excluding hydrogens is 412 g/mol. The van der Waals surface area contributed by atoms with Crippen LogP contribution in [-0.4, -0.2) is 10.9 Å². The van der Waals surface area contributed by atoms with Crippen molar-refractivity contribution >= 4 is 44.7 Å². The second-order valence-corrected chi connectivity index (χ2v) is 11.3. The molecule has 5 heteroatoms. The second kappa shape index (κ2) is 7.06. The number of hydrogen-bond acceptors (Lipinski definition) is 3. The lowest BCUT2D eigenvalue weighted by Crippen LogP contribution is -2.47. The second-order valence-electron chi connectivity index (χ2n) is 9.82. The molecule has 7 rings (SSSR count). The highest BCUT2D eigenvalue weighted by molar-refractivity contribution is 7.21.